The first-order valence-corrected chi connectivity index (χ1v) is 7.29. The van der Waals surface area contributed by atoms with Crippen LogP contribution in [0.15, 0.2) is 0 Å². The van der Waals surface area contributed by atoms with Crippen LogP contribution >= 0.6 is 0 Å². The standard InChI is InChI=1S/C14H20O6/c15-13(19-7-11-5-17-11)9-1-2-10(4-3-9)14(16)20-8-12-6-18-12/h9-12H,1-8H2/t9-,10+,11?,12?. The third-order valence-corrected chi connectivity index (χ3v) is 4.02. The van der Waals surface area contributed by atoms with E-state index in [4.69, 9.17) is 18.9 Å². The van der Waals surface area contributed by atoms with Crippen LogP contribution in [0, 0.1) is 11.8 Å². The summed E-state index contributed by atoms with van der Waals surface area (Å²) in [6.07, 6.45) is 3.01. The van der Waals surface area contributed by atoms with Gasteiger partial charge in [-0.2, -0.15) is 0 Å². The van der Waals surface area contributed by atoms with Crippen LogP contribution in [0.2, 0.25) is 0 Å². The average molecular weight is 284 g/mol. The molecular weight excluding hydrogens is 264 g/mol. The van der Waals surface area contributed by atoms with Crippen LogP contribution in [-0.2, 0) is 28.5 Å². The number of ether oxygens (including phenoxy) is 4. The molecule has 0 spiro atoms. The zero-order valence-electron chi connectivity index (χ0n) is 11.4. The Hall–Kier alpha value is -1.14. The van der Waals surface area contributed by atoms with Crippen molar-refractivity contribution in [3.8, 4) is 0 Å². The van der Waals surface area contributed by atoms with Gasteiger partial charge in [0.2, 0.25) is 0 Å². The first-order valence-electron chi connectivity index (χ1n) is 7.29. The van der Waals surface area contributed by atoms with Gasteiger partial charge in [0.1, 0.15) is 25.4 Å². The maximum Gasteiger partial charge on any atom is 0.309 e. The lowest BCUT2D eigenvalue weighted by molar-refractivity contribution is -0.155. The Morgan fingerprint density at radius 3 is 1.45 bits per heavy atom. The Labute approximate surface area is 117 Å². The van der Waals surface area contributed by atoms with E-state index in [2.05, 4.69) is 0 Å². The lowest BCUT2D eigenvalue weighted by atomic mass is 9.82. The van der Waals surface area contributed by atoms with E-state index in [0.717, 1.165) is 0 Å². The fourth-order valence-corrected chi connectivity index (χ4v) is 2.48. The summed E-state index contributed by atoms with van der Waals surface area (Å²) in [6, 6.07) is 0. The summed E-state index contributed by atoms with van der Waals surface area (Å²) in [7, 11) is 0. The number of hydrogen-bond acceptors (Lipinski definition) is 6. The van der Waals surface area contributed by atoms with Gasteiger partial charge in [0, 0.05) is 0 Å². The van der Waals surface area contributed by atoms with E-state index in [1.807, 2.05) is 0 Å². The van der Waals surface area contributed by atoms with E-state index in [1.165, 1.54) is 0 Å². The first-order chi connectivity index (χ1) is 9.72. The van der Waals surface area contributed by atoms with Crippen LogP contribution in [0.25, 0.3) is 0 Å². The number of hydrogen-bond donors (Lipinski definition) is 0. The maximum absolute atomic E-state index is 11.8. The van der Waals surface area contributed by atoms with Crippen molar-refractivity contribution in [2.45, 2.75) is 37.9 Å². The van der Waals surface area contributed by atoms with E-state index in [1.54, 1.807) is 0 Å². The quantitative estimate of drug-likeness (QED) is 0.527. The molecule has 0 bridgehead atoms. The number of carbonyl (C=O) groups excluding carboxylic acids is 2. The molecule has 2 heterocycles. The van der Waals surface area contributed by atoms with Gasteiger partial charge in [-0.1, -0.05) is 0 Å². The third-order valence-electron chi connectivity index (χ3n) is 4.02. The summed E-state index contributed by atoms with van der Waals surface area (Å²) in [6.45, 7) is 2.11. The Morgan fingerprint density at radius 1 is 0.800 bits per heavy atom. The lowest BCUT2D eigenvalue weighted by Crippen LogP contribution is -2.29. The molecule has 6 heteroatoms. The fraction of sp³-hybridized carbons (Fsp3) is 0.857. The van der Waals surface area contributed by atoms with E-state index in [0.29, 0.717) is 52.1 Å². The van der Waals surface area contributed by atoms with Gasteiger partial charge in [-0.3, -0.25) is 9.59 Å². The number of carbonyl (C=O) groups is 2. The molecule has 1 aliphatic carbocycles. The van der Waals surface area contributed by atoms with E-state index >= 15 is 0 Å². The van der Waals surface area contributed by atoms with Gasteiger partial charge in [-0.05, 0) is 25.7 Å². The predicted octanol–water partition coefficient (Wildman–Crippen LogP) is 0.677. The third kappa shape index (κ3) is 3.93. The molecule has 3 aliphatic rings. The maximum atomic E-state index is 11.8. The van der Waals surface area contributed by atoms with Crippen molar-refractivity contribution >= 4 is 11.9 Å². The SMILES string of the molecule is O=C(OCC1CO1)[C@H]1CC[C@@H](C(=O)OCC2CO2)CC1. The summed E-state index contributed by atoms with van der Waals surface area (Å²) >= 11 is 0. The van der Waals surface area contributed by atoms with Crippen molar-refractivity contribution in [2.75, 3.05) is 26.4 Å². The van der Waals surface area contributed by atoms with Crippen LogP contribution in [0.3, 0.4) is 0 Å². The second kappa shape index (κ2) is 6.10. The van der Waals surface area contributed by atoms with Gasteiger partial charge in [-0.15, -0.1) is 0 Å². The average Bonchev–Trinajstić information content (AvgIpc) is 3.37. The van der Waals surface area contributed by atoms with E-state index in [9.17, 15) is 9.59 Å². The Bertz CT molecular complexity index is 330. The Morgan fingerprint density at radius 2 is 1.15 bits per heavy atom. The van der Waals surface area contributed by atoms with Crippen molar-refractivity contribution in [3.05, 3.63) is 0 Å². The first kappa shape index (κ1) is 13.8. The summed E-state index contributed by atoms with van der Waals surface area (Å²) in [4.78, 5) is 23.6. The lowest BCUT2D eigenvalue weighted by Gasteiger charge is -2.25. The fourth-order valence-electron chi connectivity index (χ4n) is 2.48. The molecule has 0 aromatic rings. The van der Waals surface area contributed by atoms with Gasteiger partial charge in [0.25, 0.3) is 0 Å². The highest BCUT2D eigenvalue weighted by atomic mass is 16.6. The predicted molar refractivity (Wildman–Crippen MR) is 66.8 cm³/mol. The highest BCUT2D eigenvalue weighted by molar-refractivity contribution is 5.75. The summed E-state index contributed by atoms with van der Waals surface area (Å²) < 4.78 is 20.4. The number of rotatable bonds is 6. The van der Waals surface area contributed by atoms with E-state index < -0.39 is 0 Å². The van der Waals surface area contributed by atoms with Crippen LogP contribution in [-0.4, -0.2) is 50.6 Å². The summed E-state index contributed by atoms with van der Waals surface area (Å²) in [5, 5.41) is 0. The molecule has 2 aliphatic heterocycles. The zero-order chi connectivity index (χ0) is 13.9. The van der Waals surface area contributed by atoms with Crippen LogP contribution in [0.4, 0.5) is 0 Å². The van der Waals surface area contributed by atoms with Crippen molar-refractivity contribution < 1.29 is 28.5 Å². The zero-order valence-corrected chi connectivity index (χ0v) is 11.4. The normalized spacial score (nSPS) is 35.2. The van der Waals surface area contributed by atoms with Crippen molar-refractivity contribution in [2.24, 2.45) is 11.8 Å². The van der Waals surface area contributed by atoms with Gasteiger partial charge in [0.15, 0.2) is 0 Å². The monoisotopic (exact) mass is 284 g/mol. The van der Waals surface area contributed by atoms with Gasteiger partial charge >= 0.3 is 11.9 Å². The summed E-state index contributed by atoms with van der Waals surface area (Å²) in [5.41, 5.74) is 0. The smallest absolute Gasteiger partial charge is 0.309 e. The molecule has 3 fully saturated rings. The molecule has 0 amide bonds. The van der Waals surface area contributed by atoms with Crippen molar-refractivity contribution in [1.29, 1.82) is 0 Å². The number of esters is 2. The molecule has 112 valence electrons. The molecule has 0 radical (unpaired) electrons. The highest BCUT2D eigenvalue weighted by Gasteiger charge is 2.34. The largest absolute Gasteiger partial charge is 0.463 e. The molecular formula is C14H20O6. The van der Waals surface area contributed by atoms with E-state index in [-0.39, 0.29) is 36.0 Å². The molecule has 0 aromatic carbocycles. The molecule has 2 unspecified atom stereocenters. The van der Waals surface area contributed by atoms with Crippen molar-refractivity contribution in [3.63, 3.8) is 0 Å². The Balaban J connectivity index is 1.34. The van der Waals surface area contributed by atoms with Crippen molar-refractivity contribution in [1.82, 2.24) is 0 Å². The molecule has 2 atom stereocenters. The highest BCUT2D eigenvalue weighted by Crippen LogP contribution is 2.31. The minimum absolute atomic E-state index is 0.0791. The molecule has 20 heavy (non-hydrogen) atoms. The second-order valence-corrected chi connectivity index (χ2v) is 5.72. The Kier molecular flexibility index (Phi) is 4.21. The molecule has 3 rings (SSSR count). The van der Waals surface area contributed by atoms with Gasteiger partial charge in [0.05, 0.1) is 25.0 Å². The van der Waals surface area contributed by atoms with Crippen LogP contribution in [0.1, 0.15) is 25.7 Å². The van der Waals surface area contributed by atoms with Crippen LogP contribution in [0.5, 0.6) is 0 Å². The van der Waals surface area contributed by atoms with Crippen LogP contribution < -0.4 is 0 Å². The molecule has 2 saturated heterocycles. The molecule has 6 nitrogen and oxygen atoms in total. The molecule has 0 N–H and O–H groups in total. The summed E-state index contributed by atoms with van der Waals surface area (Å²) in [5.74, 6) is -0.466. The van der Waals surface area contributed by atoms with Gasteiger partial charge in [-0.25, -0.2) is 0 Å². The molecule has 0 aromatic heterocycles. The minimum atomic E-state index is -0.154. The second-order valence-electron chi connectivity index (χ2n) is 5.72. The molecule has 1 saturated carbocycles. The van der Waals surface area contributed by atoms with Gasteiger partial charge < -0.3 is 18.9 Å². The minimum Gasteiger partial charge on any atom is -0.463 e. The number of epoxide rings is 2. The topological polar surface area (TPSA) is 77.7 Å².